The summed E-state index contributed by atoms with van der Waals surface area (Å²) in [5, 5.41) is 3.42. The molecule has 0 aliphatic heterocycles. The zero-order valence-electron chi connectivity index (χ0n) is 15.3. The van der Waals surface area contributed by atoms with Gasteiger partial charge >= 0.3 is 0 Å². The first-order chi connectivity index (χ1) is 11.7. The van der Waals surface area contributed by atoms with E-state index in [2.05, 4.69) is 39.2 Å². The predicted molar refractivity (Wildman–Crippen MR) is 114 cm³/mol. The summed E-state index contributed by atoms with van der Waals surface area (Å²) in [6, 6.07) is 10.1. The van der Waals surface area contributed by atoms with Gasteiger partial charge < -0.3 is 15.0 Å². The summed E-state index contributed by atoms with van der Waals surface area (Å²) in [6.45, 7) is 3.65. The number of hydrogen-bond acceptors (Lipinski definition) is 3. The molecule has 0 radical (unpaired) electrons. The Morgan fingerprint density at radius 1 is 1.24 bits per heavy atom. The van der Waals surface area contributed by atoms with E-state index in [0.29, 0.717) is 0 Å². The molecule has 6 heteroatoms. The van der Waals surface area contributed by atoms with E-state index in [4.69, 9.17) is 4.74 Å². The van der Waals surface area contributed by atoms with E-state index < -0.39 is 0 Å². The van der Waals surface area contributed by atoms with Gasteiger partial charge in [-0.05, 0) is 36.6 Å². The number of methoxy groups -OCH3 is 1. The number of hydrogen-bond donors (Lipinski definition) is 1. The number of halogens is 1. The number of aryl methyl sites for hydroxylation is 1. The van der Waals surface area contributed by atoms with E-state index >= 15 is 0 Å². The fraction of sp³-hybridized carbons (Fsp3) is 0.368. The summed E-state index contributed by atoms with van der Waals surface area (Å²) in [7, 11) is 5.53. The molecule has 0 amide bonds. The molecule has 5 nitrogen and oxygen atoms in total. The van der Waals surface area contributed by atoms with Crippen LogP contribution in [0.5, 0.6) is 5.75 Å². The van der Waals surface area contributed by atoms with Gasteiger partial charge in [-0.25, -0.2) is 0 Å². The zero-order chi connectivity index (χ0) is 17.4. The Bertz CT molecular complexity index is 691. The molecule has 0 atom stereocenters. The second-order valence-corrected chi connectivity index (χ2v) is 5.69. The molecule has 0 spiro atoms. The van der Waals surface area contributed by atoms with Crippen LogP contribution in [0.1, 0.15) is 16.7 Å². The van der Waals surface area contributed by atoms with Crippen LogP contribution in [0.15, 0.2) is 47.7 Å². The van der Waals surface area contributed by atoms with Crippen LogP contribution >= 0.6 is 24.0 Å². The van der Waals surface area contributed by atoms with Crippen molar-refractivity contribution in [3.8, 4) is 5.75 Å². The van der Waals surface area contributed by atoms with Crippen LogP contribution in [-0.4, -0.2) is 43.6 Å². The van der Waals surface area contributed by atoms with Gasteiger partial charge in [-0.3, -0.25) is 9.98 Å². The van der Waals surface area contributed by atoms with Crippen molar-refractivity contribution in [1.82, 2.24) is 15.2 Å². The standard InChI is InChI=1S/C19H26N4O.HI/c1-15-13-21-11-9-16(15)10-12-22-19(20-2)23(3)14-17-7-5-6-8-18(17)24-4;/h5-9,11,13H,10,12,14H2,1-4H3,(H,20,22);1H. The lowest BCUT2D eigenvalue weighted by molar-refractivity contribution is 0.396. The summed E-state index contributed by atoms with van der Waals surface area (Å²) in [4.78, 5) is 10.6. The number of nitrogens with one attached hydrogen (secondary N) is 1. The van der Waals surface area contributed by atoms with Gasteiger partial charge in [-0.15, -0.1) is 24.0 Å². The Balaban J connectivity index is 0.00000312. The second kappa shape index (κ2) is 10.9. The smallest absolute Gasteiger partial charge is 0.193 e. The molecule has 1 heterocycles. The number of aromatic nitrogens is 1. The van der Waals surface area contributed by atoms with E-state index in [1.165, 1.54) is 11.1 Å². The molecule has 0 aliphatic carbocycles. The molecule has 0 aliphatic rings. The van der Waals surface area contributed by atoms with Gasteiger partial charge in [0.1, 0.15) is 5.75 Å². The minimum absolute atomic E-state index is 0. The molecular formula is C19H27IN4O. The van der Waals surface area contributed by atoms with E-state index in [1.807, 2.05) is 37.6 Å². The zero-order valence-corrected chi connectivity index (χ0v) is 17.7. The van der Waals surface area contributed by atoms with Crippen LogP contribution in [0.25, 0.3) is 0 Å². The van der Waals surface area contributed by atoms with Gasteiger partial charge in [0.05, 0.1) is 7.11 Å². The van der Waals surface area contributed by atoms with Crippen molar-refractivity contribution in [2.24, 2.45) is 4.99 Å². The number of benzene rings is 1. The maximum Gasteiger partial charge on any atom is 0.193 e. The number of nitrogens with zero attached hydrogens (tertiary/aromatic N) is 3. The minimum atomic E-state index is 0. The van der Waals surface area contributed by atoms with Crippen molar-refractivity contribution >= 4 is 29.9 Å². The summed E-state index contributed by atoms with van der Waals surface area (Å²) >= 11 is 0. The molecule has 2 rings (SSSR count). The molecule has 136 valence electrons. The molecule has 0 saturated carbocycles. The highest BCUT2D eigenvalue weighted by Gasteiger charge is 2.09. The van der Waals surface area contributed by atoms with Crippen LogP contribution in [0.2, 0.25) is 0 Å². The highest BCUT2D eigenvalue weighted by Crippen LogP contribution is 2.18. The molecule has 0 bridgehead atoms. The monoisotopic (exact) mass is 454 g/mol. The lowest BCUT2D eigenvalue weighted by Gasteiger charge is -2.23. The van der Waals surface area contributed by atoms with Crippen LogP contribution in [-0.2, 0) is 13.0 Å². The molecule has 25 heavy (non-hydrogen) atoms. The van der Waals surface area contributed by atoms with Crippen molar-refractivity contribution in [1.29, 1.82) is 0 Å². The van der Waals surface area contributed by atoms with Crippen LogP contribution in [0.3, 0.4) is 0 Å². The first-order valence-corrected chi connectivity index (χ1v) is 8.09. The summed E-state index contributed by atoms with van der Waals surface area (Å²) < 4.78 is 5.42. The van der Waals surface area contributed by atoms with Crippen LogP contribution in [0.4, 0.5) is 0 Å². The second-order valence-electron chi connectivity index (χ2n) is 5.69. The molecule has 1 N–H and O–H groups in total. The summed E-state index contributed by atoms with van der Waals surface area (Å²) in [6.07, 6.45) is 4.68. The average Bonchev–Trinajstić information content (AvgIpc) is 2.60. The summed E-state index contributed by atoms with van der Waals surface area (Å²) in [5.41, 5.74) is 3.66. The van der Waals surface area contributed by atoms with Crippen molar-refractivity contribution in [3.05, 3.63) is 59.4 Å². The molecule has 1 aromatic carbocycles. The first kappa shape index (κ1) is 21.2. The highest BCUT2D eigenvalue weighted by molar-refractivity contribution is 14.0. The number of para-hydroxylation sites is 1. The van der Waals surface area contributed by atoms with Gasteiger partial charge in [0.2, 0.25) is 0 Å². The third kappa shape index (κ3) is 6.19. The largest absolute Gasteiger partial charge is 0.496 e. The number of guanidine groups is 1. The normalized spacial score (nSPS) is 10.8. The quantitative estimate of drug-likeness (QED) is 0.414. The molecule has 0 saturated heterocycles. The predicted octanol–water partition coefficient (Wildman–Crippen LogP) is 3.27. The Labute approximate surface area is 167 Å². The fourth-order valence-corrected chi connectivity index (χ4v) is 2.64. The van der Waals surface area contributed by atoms with Gasteiger partial charge in [-0.1, -0.05) is 18.2 Å². The number of rotatable bonds is 6. The van der Waals surface area contributed by atoms with Gasteiger partial charge in [0.25, 0.3) is 0 Å². The van der Waals surface area contributed by atoms with Crippen molar-refractivity contribution in [3.63, 3.8) is 0 Å². The van der Waals surface area contributed by atoms with Gasteiger partial charge in [0, 0.05) is 45.1 Å². The lowest BCUT2D eigenvalue weighted by atomic mass is 10.1. The topological polar surface area (TPSA) is 49.8 Å². The van der Waals surface area contributed by atoms with E-state index in [9.17, 15) is 0 Å². The number of aliphatic imine (C=N–C) groups is 1. The lowest BCUT2D eigenvalue weighted by Crippen LogP contribution is -2.39. The Kier molecular flexibility index (Phi) is 9.26. The van der Waals surface area contributed by atoms with E-state index in [-0.39, 0.29) is 24.0 Å². The molecule has 0 fully saturated rings. The van der Waals surface area contributed by atoms with Crippen LogP contribution in [0, 0.1) is 6.92 Å². The maximum absolute atomic E-state index is 5.42. The Morgan fingerprint density at radius 3 is 2.68 bits per heavy atom. The SMILES string of the molecule is CN=C(NCCc1ccncc1C)N(C)Cc1ccccc1OC.I. The first-order valence-electron chi connectivity index (χ1n) is 8.09. The van der Waals surface area contributed by atoms with Gasteiger partial charge in [-0.2, -0.15) is 0 Å². The summed E-state index contributed by atoms with van der Waals surface area (Å²) in [5.74, 6) is 1.76. The average molecular weight is 454 g/mol. The fourth-order valence-electron chi connectivity index (χ4n) is 2.64. The van der Waals surface area contributed by atoms with E-state index in [1.54, 1.807) is 14.2 Å². The Hall–Kier alpha value is -1.83. The number of ether oxygens (including phenoxy) is 1. The third-order valence-electron chi connectivity index (χ3n) is 3.99. The van der Waals surface area contributed by atoms with Crippen molar-refractivity contribution in [2.75, 3.05) is 27.7 Å². The molecule has 0 unspecified atom stereocenters. The molecule has 2 aromatic rings. The van der Waals surface area contributed by atoms with Crippen molar-refractivity contribution in [2.45, 2.75) is 19.9 Å². The van der Waals surface area contributed by atoms with Crippen LogP contribution < -0.4 is 10.1 Å². The van der Waals surface area contributed by atoms with Gasteiger partial charge in [0.15, 0.2) is 5.96 Å². The van der Waals surface area contributed by atoms with E-state index in [0.717, 1.165) is 36.8 Å². The molecule has 1 aromatic heterocycles. The third-order valence-corrected chi connectivity index (χ3v) is 3.99. The highest BCUT2D eigenvalue weighted by atomic mass is 127. The maximum atomic E-state index is 5.42. The van der Waals surface area contributed by atoms with Crippen molar-refractivity contribution < 1.29 is 4.74 Å². The molecular weight excluding hydrogens is 427 g/mol. The minimum Gasteiger partial charge on any atom is -0.496 e. The number of pyridine rings is 1. The Morgan fingerprint density at radius 2 is 2.00 bits per heavy atom.